The maximum Gasteiger partial charge on any atom is 0.224 e. The molecule has 0 fully saturated rings. The molecule has 1 aromatic heterocycles. The van der Waals surface area contributed by atoms with Crippen molar-refractivity contribution < 1.29 is 4.79 Å². The number of anilines is 1. The fourth-order valence-corrected chi connectivity index (χ4v) is 1.66. The quantitative estimate of drug-likeness (QED) is 0.803. The molecule has 1 rings (SSSR count). The third-order valence-corrected chi connectivity index (χ3v) is 2.35. The van der Waals surface area contributed by atoms with Crippen molar-refractivity contribution in [3.05, 3.63) is 17.0 Å². The van der Waals surface area contributed by atoms with Gasteiger partial charge in [0.2, 0.25) is 5.91 Å². The van der Waals surface area contributed by atoms with Gasteiger partial charge in [0.05, 0.1) is 5.56 Å². The summed E-state index contributed by atoms with van der Waals surface area (Å²) in [6.07, 6.45) is 1.32. The van der Waals surface area contributed by atoms with Gasteiger partial charge in [0.15, 0.2) is 0 Å². The molecule has 0 saturated heterocycles. The zero-order chi connectivity index (χ0) is 9.68. The third-order valence-electron chi connectivity index (χ3n) is 1.52. The third kappa shape index (κ3) is 2.56. The van der Waals surface area contributed by atoms with Crippen LogP contribution < -0.4 is 5.32 Å². The zero-order valence-corrected chi connectivity index (χ0v) is 8.15. The second-order valence-corrected chi connectivity index (χ2v) is 3.49. The Balaban J connectivity index is 2.64. The van der Waals surface area contributed by atoms with Gasteiger partial charge in [0.1, 0.15) is 11.1 Å². The van der Waals surface area contributed by atoms with Crippen LogP contribution >= 0.6 is 11.3 Å². The van der Waals surface area contributed by atoms with Crippen molar-refractivity contribution in [2.75, 3.05) is 5.32 Å². The average Bonchev–Trinajstić information content (AvgIpc) is 2.52. The van der Waals surface area contributed by atoms with E-state index in [9.17, 15) is 4.79 Å². The lowest BCUT2D eigenvalue weighted by Crippen LogP contribution is -2.10. The topological polar surface area (TPSA) is 52.9 Å². The molecule has 1 heterocycles. The highest BCUT2D eigenvalue weighted by Crippen LogP contribution is 2.22. The van der Waals surface area contributed by atoms with Crippen molar-refractivity contribution in [1.82, 2.24) is 0 Å². The fraction of sp³-hybridized carbons (Fsp3) is 0.333. The molecule has 0 saturated carbocycles. The van der Waals surface area contributed by atoms with Gasteiger partial charge in [-0.15, -0.1) is 11.3 Å². The molecule has 1 aromatic rings. The highest BCUT2D eigenvalue weighted by Gasteiger charge is 2.06. The second-order valence-electron chi connectivity index (χ2n) is 2.57. The van der Waals surface area contributed by atoms with Gasteiger partial charge >= 0.3 is 0 Å². The van der Waals surface area contributed by atoms with E-state index in [1.54, 1.807) is 11.4 Å². The van der Waals surface area contributed by atoms with Crippen LogP contribution in [0, 0.1) is 11.3 Å². The maximum atomic E-state index is 11.2. The fourth-order valence-electron chi connectivity index (χ4n) is 0.910. The van der Waals surface area contributed by atoms with E-state index in [2.05, 4.69) is 5.32 Å². The van der Waals surface area contributed by atoms with E-state index in [1.807, 2.05) is 13.0 Å². The number of nitrogens with zero attached hydrogens (tertiary/aromatic N) is 1. The molecule has 0 unspecified atom stereocenters. The summed E-state index contributed by atoms with van der Waals surface area (Å²) in [5, 5.41) is 13.8. The molecule has 0 bridgehead atoms. The lowest BCUT2D eigenvalue weighted by atomic mass is 10.3. The molecule has 0 radical (unpaired) electrons. The minimum atomic E-state index is -0.0264. The van der Waals surface area contributed by atoms with Crippen LogP contribution in [0.5, 0.6) is 0 Å². The second kappa shape index (κ2) is 4.63. The molecule has 3 nitrogen and oxygen atoms in total. The van der Waals surface area contributed by atoms with Crippen LogP contribution in [-0.2, 0) is 4.79 Å². The van der Waals surface area contributed by atoms with E-state index >= 15 is 0 Å². The van der Waals surface area contributed by atoms with Crippen LogP contribution in [0.25, 0.3) is 0 Å². The summed E-state index contributed by atoms with van der Waals surface area (Å²) in [5.41, 5.74) is 0.537. The first kappa shape index (κ1) is 9.75. The number of carbonyl (C=O) groups excluding carboxylic acids is 1. The van der Waals surface area contributed by atoms with Gasteiger partial charge in [-0.1, -0.05) is 6.92 Å². The van der Waals surface area contributed by atoms with Crippen molar-refractivity contribution in [2.24, 2.45) is 0 Å². The molecule has 0 aliphatic rings. The maximum absolute atomic E-state index is 11.2. The molecular weight excluding hydrogens is 184 g/mol. The lowest BCUT2D eigenvalue weighted by Gasteiger charge is -2.00. The number of rotatable bonds is 3. The first-order valence-electron chi connectivity index (χ1n) is 4.05. The van der Waals surface area contributed by atoms with Crippen LogP contribution in [0.15, 0.2) is 11.4 Å². The monoisotopic (exact) mass is 194 g/mol. The summed E-state index contributed by atoms with van der Waals surface area (Å²) < 4.78 is 0. The van der Waals surface area contributed by atoms with Gasteiger partial charge in [0, 0.05) is 6.42 Å². The standard InChI is InChI=1S/C9H10N2OS/c1-2-3-8(12)11-9-7(6-10)4-5-13-9/h4-5H,2-3H2,1H3,(H,11,12). The first-order valence-corrected chi connectivity index (χ1v) is 4.93. The van der Waals surface area contributed by atoms with Crippen LogP contribution in [0.4, 0.5) is 5.00 Å². The van der Waals surface area contributed by atoms with Crippen LogP contribution in [-0.4, -0.2) is 5.91 Å². The van der Waals surface area contributed by atoms with Gasteiger partial charge in [-0.25, -0.2) is 0 Å². The van der Waals surface area contributed by atoms with Crippen molar-refractivity contribution in [3.8, 4) is 6.07 Å². The van der Waals surface area contributed by atoms with Gasteiger partial charge in [-0.2, -0.15) is 5.26 Å². The van der Waals surface area contributed by atoms with E-state index in [4.69, 9.17) is 5.26 Å². The normalized spacial score (nSPS) is 9.23. The molecule has 68 valence electrons. The van der Waals surface area contributed by atoms with Crippen molar-refractivity contribution >= 4 is 22.2 Å². The van der Waals surface area contributed by atoms with Gasteiger partial charge in [0.25, 0.3) is 0 Å². The summed E-state index contributed by atoms with van der Waals surface area (Å²) in [4.78, 5) is 11.2. The molecule has 0 aliphatic carbocycles. The van der Waals surface area contributed by atoms with Crippen molar-refractivity contribution in [1.29, 1.82) is 5.26 Å². The smallest absolute Gasteiger partial charge is 0.224 e. The Bertz CT molecular complexity index is 338. The van der Waals surface area contributed by atoms with Gasteiger partial charge < -0.3 is 5.32 Å². The molecule has 4 heteroatoms. The Kier molecular flexibility index (Phi) is 3.47. The molecule has 1 N–H and O–H groups in total. The van der Waals surface area contributed by atoms with Crippen molar-refractivity contribution in [2.45, 2.75) is 19.8 Å². The summed E-state index contributed by atoms with van der Waals surface area (Å²) in [6, 6.07) is 3.72. The average molecular weight is 194 g/mol. The first-order chi connectivity index (χ1) is 6.27. The van der Waals surface area contributed by atoms with Crippen LogP contribution in [0.3, 0.4) is 0 Å². The number of nitrogens with one attached hydrogen (secondary N) is 1. The highest BCUT2D eigenvalue weighted by molar-refractivity contribution is 7.14. The molecule has 0 aromatic carbocycles. The van der Waals surface area contributed by atoms with Gasteiger partial charge in [-0.05, 0) is 17.9 Å². The Hall–Kier alpha value is -1.34. The van der Waals surface area contributed by atoms with Crippen LogP contribution in [0.2, 0.25) is 0 Å². The van der Waals surface area contributed by atoms with E-state index < -0.39 is 0 Å². The van der Waals surface area contributed by atoms with E-state index in [0.717, 1.165) is 6.42 Å². The summed E-state index contributed by atoms with van der Waals surface area (Å²) >= 11 is 1.37. The Morgan fingerprint density at radius 3 is 3.15 bits per heavy atom. The molecule has 0 spiro atoms. The summed E-state index contributed by atoms with van der Waals surface area (Å²) in [6.45, 7) is 1.94. The predicted octanol–water partition coefficient (Wildman–Crippen LogP) is 2.36. The number of carbonyl (C=O) groups is 1. The van der Waals surface area contributed by atoms with Gasteiger partial charge in [-0.3, -0.25) is 4.79 Å². The Morgan fingerprint density at radius 1 is 1.77 bits per heavy atom. The number of amides is 1. The summed E-state index contributed by atoms with van der Waals surface area (Å²) in [7, 11) is 0. The summed E-state index contributed by atoms with van der Waals surface area (Å²) in [5.74, 6) is -0.0264. The lowest BCUT2D eigenvalue weighted by molar-refractivity contribution is -0.116. The highest BCUT2D eigenvalue weighted by atomic mass is 32.1. The molecule has 1 amide bonds. The minimum Gasteiger partial charge on any atom is -0.317 e. The largest absolute Gasteiger partial charge is 0.317 e. The van der Waals surface area contributed by atoms with E-state index in [-0.39, 0.29) is 5.91 Å². The molecule has 0 atom stereocenters. The number of hydrogen-bond acceptors (Lipinski definition) is 3. The predicted molar refractivity (Wildman–Crippen MR) is 52.6 cm³/mol. The SMILES string of the molecule is CCCC(=O)Nc1sccc1C#N. The number of nitriles is 1. The molecular formula is C9H10N2OS. The Morgan fingerprint density at radius 2 is 2.54 bits per heavy atom. The molecule has 0 aliphatic heterocycles. The number of hydrogen-bond donors (Lipinski definition) is 1. The molecule has 13 heavy (non-hydrogen) atoms. The number of thiophene rings is 1. The van der Waals surface area contributed by atoms with E-state index in [1.165, 1.54) is 11.3 Å². The Labute approximate surface area is 81.0 Å². The van der Waals surface area contributed by atoms with Crippen LogP contribution in [0.1, 0.15) is 25.3 Å². The van der Waals surface area contributed by atoms with E-state index in [0.29, 0.717) is 17.0 Å². The van der Waals surface area contributed by atoms with Crippen molar-refractivity contribution in [3.63, 3.8) is 0 Å². The minimum absolute atomic E-state index is 0.0264. The zero-order valence-electron chi connectivity index (χ0n) is 7.33.